The minimum absolute atomic E-state index is 0.586. The Morgan fingerprint density at radius 3 is 2.93 bits per heavy atom. The zero-order valence-corrected chi connectivity index (χ0v) is 16.3. The van der Waals surface area contributed by atoms with Gasteiger partial charge in [0.2, 0.25) is 0 Å². The van der Waals surface area contributed by atoms with Crippen LogP contribution in [0.3, 0.4) is 0 Å². The summed E-state index contributed by atoms with van der Waals surface area (Å²) in [6.07, 6.45) is 9.30. The minimum atomic E-state index is 0.586. The Bertz CT molecular complexity index is 1130. The van der Waals surface area contributed by atoms with E-state index in [9.17, 15) is 0 Å². The van der Waals surface area contributed by atoms with Crippen LogP contribution in [0.4, 0.5) is 0 Å². The molecule has 1 fully saturated rings. The van der Waals surface area contributed by atoms with Crippen molar-refractivity contribution >= 4 is 22.7 Å². The first-order chi connectivity index (χ1) is 13.1. The van der Waals surface area contributed by atoms with Gasteiger partial charge in [-0.05, 0) is 74.2 Å². The SMILES string of the molecule is Cc1ccc2c(c1)c1c(n2/C=C2\Cc3cnc(C)cc32)CC2CCC1N2C. The first-order valence-electron chi connectivity index (χ1n) is 10.1. The van der Waals surface area contributed by atoms with Gasteiger partial charge in [0.1, 0.15) is 0 Å². The second-order valence-corrected chi connectivity index (χ2v) is 8.68. The van der Waals surface area contributed by atoms with E-state index in [0.29, 0.717) is 12.1 Å². The van der Waals surface area contributed by atoms with Crippen molar-refractivity contribution in [1.29, 1.82) is 0 Å². The molecule has 4 heterocycles. The third-order valence-electron chi connectivity index (χ3n) is 7.04. The molecule has 6 rings (SSSR count). The van der Waals surface area contributed by atoms with E-state index in [2.05, 4.69) is 65.8 Å². The number of hydrogen-bond donors (Lipinski definition) is 0. The lowest BCUT2D eigenvalue weighted by Crippen LogP contribution is -2.34. The van der Waals surface area contributed by atoms with Gasteiger partial charge in [0, 0.05) is 54.1 Å². The Morgan fingerprint density at radius 1 is 1.15 bits per heavy atom. The molecule has 3 aromatic rings. The summed E-state index contributed by atoms with van der Waals surface area (Å²) in [6.45, 7) is 4.29. The number of pyridine rings is 1. The predicted molar refractivity (Wildman–Crippen MR) is 111 cm³/mol. The van der Waals surface area contributed by atoms with E-state index in [4.69, 9.17) is 0 Å². The number of aryl methyl sites for hydroxylation is 2. The second kappa shape index (κ2) is 5.32. The summed E-state index contributed by atoms with van der Waals surface area (Å²) >= 11 is 0. The lowest BCUT2D eigenvalue weighted by molar-refractivity contribution is 0.223. The van der Waals surface area contributed by atoms with Gasteiger partial charge in [-0.15, -0.1) is 0 Å². The van der Waals surface area contributed by atoms with Crippen LogP contribution in [0.2, 0.25) is 0 Å². The molecule has 1 aliphatic carbocycles. The summed E-state index contributed by atoms with van der Waals surface area (Å²) in [7, 11) is 2.32. The number of benzene rings is 1. The smallest absolute Gasteiger partial charge is 0.0529 e. The summed E-state index contributed by atoms with van der Waals surface area (Å²) in [5, 5.41) is 1.46. The molecular weight excluding hydrogens is 330 g/mol. The van der Waals surface area contributed by atoms with Crippen molar-refractivity contribution in [3.05, 3.63) is 64.1 Å². The molecule has 1 aromatic carbocycles. The fourth-order valence-electron chi connectivity index (χ4n) is 5.56. The van der Waals surface area contributed by atoms with Crippen LogP contribution in [0.15, 0.2) is 30.5 Å². The number of hydrogen-bond acceptors (Lipinski definition) is 2. The zero-order valence-electron chi connectivity index (χ0n) is 16.3. The Balaban J connectivity index is 1.59. The third kappa shape index (κ3) is 2.09. The zero-order chi connectivity index (χ0) is 18.3. The van der Waals surface area contributed by atoms with Gasteiger partial charge in [0.05, 0.1) is 5.52 Å². The molecule has 2 bridgehead atoms. The maximum Gasteiger partial charge on any atom is 0.0529 e. The minimum Gasteiger partial charge on any atom is -0.320 e. The topological polar surface area (TPSA) is 21.1 Å². The Kier molecular flexibility index (Phi) is 3.09. The quantitative estimate of drug-likeness (QED) is 0.619. The summed E-state index contributed by atoms with van der Waals surface area (Å²) in [5.41, 5.74) is 11.2. The standard InChI is InChI=1S/C24H25N3/c1-14-4-6-21-20(8-14)24-22-7-5-18(26(22)3)11-23(24)27(21)13-17-10-16-12-25-15(2)9-19(16)17/h4,6,8-9,12-13,18,22H,5,7,10-11H2,1-3H3/b17-13+. The van der Waals surface area contributed by atoms with Gasteiger partial charge >= 0.3 is 0 Å². The highest BCUT2D eigenvalue weighted by atomic mass is 15.2. The van der Waals surface area contributed by atoms with Gasteiger partial charge in [-0.1, -0.05) is 11.6 Å². The van der Waals surface area contributed by atoms with Crippen LogP contribution in [-0.2, 0) is 12.8 Å². The van der Waals surface area contributed by atoms with Crippen LogP contribution in [0.25, 0.3) is 22.7 Å². The van der Waals surface area contributed by atoms with Gasteiger partial charge in [-0.2, -0.15) is 0 Å². The molecule has 0 radical (unpaired) electrons. The normalized spacial score (nSPS) is 24.9. The Hall–Kier alpha value is -2.39. The van der Waals surface area contributed by atoms with E-state index in [1.807, 2.05) is 6.20 Å². The third-order valence-corrected chi connectivity index (χ3v) is 7.04. The largest absolute Gasteiger partial charge is 0.320 e. The molecule has 0 saturated carbocycles. The van der Waals surface area contributed by atoms with E-state index in [-0.39, 0.29) is 0 Å². The number of nitrogens with zero attached hydrogens (tertiary/aromatic N) is 3. The lowest BCUT2D eigenvalue weighted by Gasteiger charge is -2.32. The average Bonchev–Trinajstić information content (AvgIpc) is 3.04. The molecule has 3 heteroatoms. The maximum atomic E-state index is 4.45. The molecule has 0 N–H and O–H groups in total. The molecule has 2 aliphatic heterocycles. The van der Waals surface area contributed by atoms with E-state index < -0.39 is 0 Å². The van der Waals surface area contributed by atoms with Gasteiger partial charge in [-0.3, -0.25) is 9.88 Å². The van der Waals surface area contributed by atoms with Crippen molar-refractivity contribution in [2.75, 3.05) is 7.05 Å². The predicted octanol–water partition coefficient (Wildman–Crippen LogP) is 4.90. The highest BCUT2D eigenvalue weighted by Gasteiger charge is 2.40. The number of rotatable bonds is 1. The lowest BCUT2D eigenvalue weighted by atomic mass is 9.84. The van der Waals surface area contributed by atoms with Crippen molar-refractivity contribution in [1.82, 2.24) is 14.5 Å². The van der Waals surface area contributed by atoms with Crippen LogP contribution < -0.4 is 0 Å². The molecule has 2 atom stereocenters. The van der Waals surface area contributed by atoms with Crippen LogP contribution >= 0.6 is 0 Å². The molecule has 27 heavy (non-hydrogen) atoms. The van der Waals surface area contributed by atoms with Crippen molar-refractivity contribution < 1.29 is 0 Å². The van der Waals surface area contributed by atoms with E-state index >= 15 is 0 Å². The molecule has 136 valence electrons. The second-order valence-electron chi connectivity index (χ2n) is 8.68. The summed E-state index contributed by atoms with van der Waals surface area (Å²) in [5.74, 6) is 0. The van der Waals surface area contributed by atoms with Gasteiger partial charge in [-0.25, -0.2) is 0 Å². The van der Waals surface area contributed by atoms with Crippen molar-refractivity contribution in [3.8, 4) is 0 Å². The molecule has 2 unspecified atom stereocenters. The first-order valence-corrected chi connectivity index (χ1v) is 10.1. The first kappa shape index (κ1) is 15.6. The van der Waals surface area contributed by atoms with E-state index in [1.165, 1.54) is 52.4 Å². The average molecular weight is 355 g/mol. The van der Waals surface area contributed by atoms with Crippen LogP contribution in [0.1, 0.15) is 52.5 Å². The highest BCUT2D eigenvalue weighted by molar-refractivity contribution is 5.93. The Labute approximate surface area is 160 Å². The molecule has 3 nitrogen and oxygen atoms in total. The number of likely N-dealkylation sites (N-methyl/N-ethyl adjacent to an activating group) is 1. The van der Waals surface area contributed by atoms with Crippen LogP contribution in [0.5, 0.6) is 0 Å². The van der Waals surface area contributed by atoms with Crippen molar-refractivity contribution in [2.45, 2.75) is 51.6 Å². The van der Waals surface area contributed by atoms with Gasteiger partial charge < -0.3 is 4.57 Å². The monoisotopic (exact) mass is 355 g/mol. The van der Waals surface area contributed by atoms with Crippen LogP contribution in [-0.4, -0.2) is 27.5 Å². The molecule has 0 amide bonds. The van der Waals surface area contributed by atoms with Crippen molar-refractivity contribution in [2.24, 2.45) is 0 Å². The molecule has 1 saturated heterocycles. The van der Waals surface area contributed by atoms with E-state index in [0.717, 1.165) is 12.1 Å². The van der Waals surface area contributed by atoms with E-state index in [1.54, 1.807) is 11.3 Å². The molecule has 0 spiro atoms. The maximum absolute atomic E-state index is 4.45. The molecular formula is C24H25N3. The number of fused-ring (bicyclic) bond motifs is 7. The summed E-state index contributed by atoms with van der Waals surface area (Å²) < 4.78 is 2.52. The fourth-order valence-corrected chi connectivity index (χ4v) is 5.56. The highest BCUT2D eigenvalue weighted by Crippen LogP contribution is 2.47. The molecule has 2 aromatic heterocycles. The number of aromatic nitrogens is 2. The fraction of sp³-hybridized carbons (Fsp3) is 0.375. The Morgan fingerprint density at radius 2 is 2.04 bits per heavy atom. The molecule has 3 aliphatic rings. The van der Waals surface area contributed by atoms with Gasteiger partial charge in [0.25, 0.3) is 0 Å². The van der Waals surface area contributed by atoms with Crippen LogP contribution in [0, 0.1) is 13.8 Å². The summed E-state index contributed by atoms with van der Waals surface area (Å²) in [4.78, 5) is 7.07. The van der Waals surface area contributed by atoms with Crippen molar-refractivity contribution in [3.63, 3.8) is 0 Å². The number of allylic oxidation sites excluding steroid dienone is 1. The summed E-state index contributed by atoms with van der Waals surface area (Å²) in [6, 6.07) is 10.5. The van der Waals surface area contributed by atoms with Gasteiger partial charge in [0.15, 0.2) is 0 Å².